The third-order valence-electron chi connectivity index (χ3n) is 4.24. The number of aromatic nitrogens is 1. The van der Waals surface area contributed by atoms with Crippen LogP contribution in [0.15, 0.2) is 42.6 Å². The fraction of sp³-hybridized carbons (Fsp3) is 0.333. The molecular weight excluding hydrogens is 352 g/mol. The summed E-state index contributed by atoms with van der Waals surface area (Å²) in [5.74, 6) is -0.226. The van der Waals surface area contributed by atoms with Gasteiger partial charge in [-0.15, -0.1) is 0 Å². The zero-order valence-corrected chi connectivity index (χ0v) is 15.6. The molecule has 0 bridgehead atoms. The van der Waals surface area contributed by atoms with Crippen molar-refractivity contribution in [3.63, 3.8) is 0 Å². The Labute approximate surface area is 153 Å². The van der Waals surface area contributed by atoms with Crippen molar-refractivity contribution in [3.05, 3.63) is 48.3 Å². The van der Waals surface area contributed by atoms with E-state index in [9.17, 15) is 13.2 Å². The van der Waals surface area contributed by atoms with Gasteiger partial charge >= 0.3 is 0 Å². The predicted octanol–water partition coefficient (Wildman–Crippen LogP) is 1.81. The van der Waals surface area contributed by atoms with E-state index >= 15 is 0 Å². The van der Waals surface area contributed by atoms with Crippen molar-refractivity contribution in [2.24, 2.45) is 0 Å². The van der Waals surface area contributed by atoms with Gasteiger partial charge in [-0.3, -0.25) is 4.79 Å². The van der Waals surface area contributed by atoms with Crippen LogP contribution in [0.25, 0.3) is 0 Å². The minimum Gasteiger partial charge on any atom is -0.378 e. The monoisotopic (exact) mass is 374 g/mol. The Morgan fingerprint density at radius 2 is 1.81 bits per heavy atom. The van der Waals surface area contributed by atoms with Crippen LogP contribution in [0.4, 0.5) is 17.1 Å². The number of nitrogens with one attached hydrogen (secondary N) is 2. The number of anilines is 3. The second kappa shape index (κ2) is 7.33. The van der Waals surface area contributed by atoms with Crippen LogP contribution in [0.1, 0.15) is 16.9 Å². The van der Waals surface area contributed by atoms with Crippen molar-refractivity contribution in [2.45, 2.75) is 12.5 Å². The molecule has 0 spiro atoms. The lowest BCUT2D eigenvalue weighted by Crippen LogP contribution is -2.36. The van der Waals surface area contributed by atoms with Gasteiger partial charge in [0, 0.05) is 31.5 Å². The maximum Gasteiger partial charge on any atom is 0.270 e. The summed E-state index contributed by atoms with van der Waals surface area (Å²) in [6, 6.07) is 11.0. The summed E-state index contributed by atoms with van der Waals surface area (Å²) in [6.45, 7) is 0. The fourth-order valence-corrected chi connectivity index (χ4v) is 4.45. The third kappa shape index (κ3) is 4.51. The summed E-state index contributed by atoms with van der Waals surface area (Å²) in [4.78, 5) is 18.4. The lowest BCUT2D eigenvalue weighted by molar-refractivity contribution is 0.0936. The molecule has 0 saturated carbocycles. The van der Waals surface area contributed by atoms with Crippen LogP contribution in [-0.4, -0.2) is 51.0 Å². The Kier molecular flexibility index (Phi) is 5.13. The molecule has 0 radical (unpaired) electrons. The van der Waals surface area contributed by atoms with Crippen LogP contribution in [0.3, 0.4) is 0 Å². The van der Waals surface area contributed by atoms with Crippen LogP contribution in [0, 0.1) is 0 Å². The number of sulfone groups is 1. The van der Waals surface area contributed by atoms with Gasteiger partial charge in [-0.2, -0.15) is 0 Å². The highest BCUT2D eigenvalue weighted by molar-refractivity contribution is 7.91. The summed E-state index contributed by atoms with van der Waals surface area (Å²) >= 11 is 0. The van der Waals surface area contributed by atoms with Gasteiger partial charge in [0.25, 0.3) is 5.91 Å². The van der Waals surface area contributed by atoms with E-state index in [-0.39, 0.29) is 29.1 Å². The average molecular weight is 374 g/mol. The van der Waals surface area contributed by atoms with Gasteiger partial charge in [-0.25, -0.2) is 13.4 Å². The lowest BCUT2D eigenvalue weighted by atomic mass is 10.2. The minimum absolute atomic E-state index is 0.00131. The summed E-state index contributed by atoms with van der Waals surface area (Å²) in [5, 5.41) is 5.96. The van der Waals surface area contributed by atoms with Crippen LogP contribution < -0.4 is 15.5 Å². The number of hydrogen-bond acceptors (Lipinski definition) is 6. The highest BCUT2D eigenvalue weighted by Gasteiger charge is 2.29. The number of hydrogen-bond donors (Lipinski definition) is 2. The van der Waals surface area contributed by atoms with E-state index in [1.807, 2.05) is 43.3 Å². The maximum absolute atomic E-state index is 12.2. The Hall–Kier alpha value is -2.61. The molecule has 138 valence electrons. The zero-order valence-electron chi connectivity index (χ0n) is 14.8. The maximum atomic E-state index is 12.2. The summed E-state index contributed by atoms with van der Waals surface area (Å²) in [7, 11) is 0.945. The summed E-state index contributed by atoms with van der Waals surface area (Å²) < 4.78 is 22.9. The number of amides is 1. The van der Waals surface area contributed by atoms with Gasteiger partial charge in [-0.05, 0) is 42.8 Å². The van der Waals surface area contributed by atoms with Crippen molar-refractivity contribution in [3.8, 4) is 0 Å². The summed E-state index contributed by atoms with van der Waals surface area (Å²) in [6.07, 6.45) is 2.04. The molecule has 2 heterocycles. The van der Waals surface area contributed by atoms with Crippen molar-refractivity contribution < 1.29 is 13.2 Å². The molecule has 1 unspecified atom stereocenters. The molecule has 1 aliphatic rings. The van der Waals surface area contributed by atoms with Gasteiger partial charge in [0.2, 0.25) is 0 Å². The molecule has 1 aromatic carbocycles. The molecule has 2 aromatic rings. The molecule has 1 saturated heterocycles. The second-order valence-electron chi connectivity index (χ2n) is 6.57. The number of carbonyl (C=O) groups excluding carboxylic acids is 1. The first-order valence-electron chi connectivity index (χ1n) is 8.34. The van der Waals surface area contributed by atoms with Crippen LogP contribution in [0.5, 0.6) is 0 Å². The van der Waals surface area contributed by atoms with Gasteiger partial charge in [0.15, 0.2) is 9.84 Å². The molecule has 1 aromatic heterocycles. The molecule has 7 nitrogen and oxygen atoms in total. The van der Waals surface area contributed by atoms with Gasteiger partial charge < -0.3 is 15.5 Å². The van der Waals surface area contributed by atoms with E-state index in [2.05, 4.69) is 15.6 Å². The van der Waals surface area contributed by atoms with Gasteiger partial charge in [-0.1, -0.05) is 0 Å². The van der Waals surface area contributed by atoms with Crippen molar-refractivity contribution in [2.75, 3.05) is 35.8 Å². The Balaban J connectivity index is 1.60. The first kappa shape index (κ1) is 18.2. The quantitative estimate of drug-likeness (QED) is 0.829. The highest BCUT2D eigenvalue weighted by Crippen LogP contribution is 2.20. The smallest absolute Gasteiger partial charge is 0.270 e. The SMILES string of the molecule is CN(C)c1ccc(Nc2ccc(C(=O)NC3CCS(=O)(=O)C3)nc2)cc1. The first-order valence-corrected chi connectivity index (χ1v) is 10.2. The Bertz CT molecular complexity index is 878. The van der Waals surface area contributed by atoms with Crippen LogP contribution >= 0.6 is 0 Å². The predicted molar refractivity (Wildman–Crippen MR) is 103 cm³/mol. The molecule has 3 rings (SSSR count). The topological polar surface area (TPSA) is 91.4 Å². The van der Waals surface area contributed by atoms with Crippen molar-refractivity contribution in [1.29, 1.82) is 0 Å². The number of rotatable bonds is 5. The first-order chi connectivity index (χ1) is 12.3. The number of pyridine rings is 1. The number of carbonyl (C=O) groups is 1. The lowest BCUT2D eigenvalue weighted by Gasteiger charge is -2.13. The minimum atomic E-state index is -3.02. The van der Waals surface area contributed by atoms with E-state index < -0.39 is 9.84 Å². The van der Waals surface area contributed by atoms with E-state index in [1.54, 1.807) is 18.3 Å². The Morgan fingerprint density at radius 3 is 2.35 bits per heavy atom. The van der Waals surface area contributed by atoms with E-state index in [0.29, 0.717) is 6.42 Å². The van der Waals surface area contributed by atoms with Gasteiger partial charge in [0.05, 0.1) is 23.4 Å². The normalized spacial score (nSPS) is 18.3. The average Bonchev–Trinajstić information content (AvgIpc) is 2.94. The second-order valence-corrected chi connectivity index (χ2v) is 8.80. The molecule has 8 heteroatoms. The molecule has 0 aliphatic carbocycles. The fourth-order valence-electron chi connectivity index (χ4n) is 2.78. The largest absolute Gasteiger partial charge is 0.378 e. The molecule has 1 atom stereocenters. The summed E-state index contributed by atoms with van der Waals surface area (Å²) in [5.41, 5.74) is 3.06. The molecular formula is C18H22N4O3S. The number of nitrogens with zero attached hydrogens (tertiary/aromatic N) is 2. The molecule has 1 amide bonds. The van der Waals surface area contributed by atoms with Gasteiger partial charge in [0.1, 0.15) is 5.69 Å². The molecule has 26 heavy (non-hydrogen) atoms. The van der Waals surface area contributed by atoms with Crippen molar-refractivity contribution in [1.82, 2.24) is 10.3 Å². The highest BCUT2D eigenvalue weighted by atomic mass is 32.2. The van der Waals surface area contributed by atoms with Crippen molar-refractivity contribution >= 4 is 32.8 Å². The number of benzene rings is 1. The van der Waals surface area contributed by atoms with Crippen LogP contribution in [-0.2, 0) is 9.84 Å². The molecule has 1 aliphatic heterocycles. The Morgan fingerprint density at radius 1 is 1.12 bits per heavy atom. The van der Waals surface area contributed by atoms with E-state index in [1.165, 1.54) is 0 Å². The third-order valence-corrected chi connectivity index (χ3v) is 6.00. The standard InChI is InChI=1S/C18H22N4O3S/c1-22(2)16-6-3-13(4-7-16)20-14-5-8-17(19-11-14)18(23)21-15-9-10-26(24,25)12-15/h3-8,11,15,20H,9-10,12H2,1-2H3,(H,21,23). The van der Waals surface area contributed by atoms with Crippen LogP contribution in [0.2, 0.25) is 0 Å². The van der Waals surface area contributed by atoms with E-state index in [0.717, 1.165) is 17.1 Å². The molecule has 1 fully saturated rings. The zero-order chi connectivity index (χ0) is 18.7. The van der Waals surface area contributed by atoms with E-state index in [4.69, 9.17) is 0 Å². The molecule has 2 N–H and O–H groups in total.